The molecule has 12 heavy (non-hydrogen) atoms. The first-order chi connectivity index (χ1) is 5.66. The molecule has 1 nitrogen and oxygen atoms in total. The second-order valence-corrected chi connectivity index (χ2v) is 3.01. The molecule has 64 valence electrons. The molecule has 1 aromatic rings. The lowest BCUT2D eigenvalue weighted by Gasteiger charge is -1.98. The normalized spacial score (nSPS) is 11.0. The molecule has 0 fully saturated rings. The zero-order valence-electron chi connectivity index (χ0n) is 6.31. The van der Waals surface area contributed by atoms with Crippen molar-refractivity contribution in [3.05, 3.63) is 33.8 Å². The Bertz CT molecular complexity index is 323. The summed E-state index contributed by atoms with van der Waals surface area (Å²) in [6, 6.07) is 2.89. The van der Waals surface area contributed by atoms with Crippen molar-refractivity contribution in [2.45, 2.75) is 0 Å². The van der Waals surface area contributed by atoms with Crippen LogP contribution < -0.4 is 0 Å². The van der Waals surface area contributed by atoms with E-state index in [0.717, 1.165) is 0 Å². The van der Waals surface area contributed by atoms with E-state index >= 15 is 0 Å². The summed E-state index contributed by atoms with van der Waals surface area (Å²) in [6.45, 7) is 0. The van der Waals surface area contributed by atoms with Crippen molar-refractivity contribution in [1.82, 2.24) is 0 Å². The van der Waals surface area contributed by atoms with Gasteiger partial charge in [-0.2, -0.15) is 0 Å². The fraction of sp³-hybridized carbons (Fsp3) is 0.125. The summed E-state index contributed by atoms with van der Waals surface area (Å²) in [6.07, 6.45) is 1.27. The third kappa shape index (κ3) is 1.69. The molecule has 0 N–H and O–H groups in total. The van der Waals surface area contributed by atoms with E-state index in [1.807, 2.05) is 0 Å². The Morgan fingerprint density at radius 1 is 1.33 bits per heavy atom. The molecule has 1 aromatic carbocycles. The highest BCUT2D eigenvalue weighted by Gasteiger charge is 2.09. The van der Waals surface area contributed by atoms with Gasteiger partial charge in [0.2, 0.25) is 0 Å². The van der Waals surface area contributed by atoms with Crippen LogP contribution in [0.4, 0.5) is 8.78 Å². The van der Waals surface area contributed by atoms with E-state index in [1.54, 1.807) is 0 Å². The smallest absolute Gasteiger partial charge is 0.173 e. The third-order valence-electron chi connectivity index (χ3n) is 1.33. The minimum Gasteiger partial charge on any atom is -0.296 e. The van der Waals surface area contributed by atoms with Crippen molar-refractivity contribution in [1.29, 1.82) is 0 Å². The second-order valence-electron chi connectivity index (χ2n) is 2.15. The van der Waals surface area contributed by atoms with E-state index in [0.29, 0.717) is 0 Å². The average molecular weight is 234 g/mol. The lowest BCUT2D eigenvalue weighted by molar-refractivity contribution is 0.503. The molecule has 0 saturated carbocycles. The zero-order chi connectivity index (χ0) is 9.14. The molecule has 0 heterocycles. The highest BCUT2D eigenvalue weighted by molar-refractivity contribution is 9.10. The van der Waals surface area contributed by atoms with Crippen molar-refractivity contribution in [3.8, 4) is 0 Å². The van der Waals surface area contributed by atoms with E-state index in [1.165, 1.54) is 25.4 Å². The number of benzene rings is 1. The van der Waals surface area contributed by atoms with E-state index in [9.17, 15) is 8.78 Å². The molecule has 4 heteroatoms. The number of nitrogens with zero attached hydrogens (tertiary/aromatic N) is 1. The first-order valence-electron chi connectivity index (χ1n) is 3.22. The molecule has 0 unspecified atom stereocenters. The van der Waals surface area contributed by atoms with E-state index < -0.39 is 11.6 Å². The Balaban J connectivity index is 3.26. The Kier molecular flexibility index (Phi) is 2.92. The molecule has 0 radical (unpaired) electrons. The standard InChI is InChI=1S/C8H6BrF2N/c1-12-4-5-2-3-6(9)8(11)7(5)10/h2-4H,1H3. The van der Waals surface area contributed by atoms with Crippen molar-refractivity contribution in [2.24, 2.45) is 4.99 Å². The van der Waals surface area contributed by atoms with Gasteiger partial charge >= 0.3 is 0 Å². The van der Waals surface area contributed by atoms with Crippen molar-refractivity contribution in [3.63, 3.8) is 0 Å². The predicted octanol–water partition coefficient (Wildman–Crippen LogP) is 2.78. The summed E-state index contributed by atoms with van der Waals surface area (Å²) in [4.78, 5) is 3.59. The molecule has 0 aliphatic carbocycles. The van der Waals surface area contributed by atoms with Gasteiger partial charge in [-0.05, 0) is 28.1 Å². The second kappa shape index (κ2) is 3.76. The van der Waals surface area contributed by atoms with Crippen LogP contribution in [0.1, 0.15) is 5.56 Å². The molecule has 0 aromatic heterocycles. The summed E-state index contributed by atoms with van der Waals surface area (Å²) in [5, 5.41) is 0. The van der Waals surface area contributed by atoms with Crippen LogP contribution in [0.25, 0.3) is 0 Å². The SMILES string of the molecule is CN=Cc1ccc(Br)c(F)c1F. The van der Waals surface area contributed by atoms with E-state index in [4.69, 9.17) is 0 Å². The molecule has 0 bridgehead atoms. The van der Waals surface area contributed by atoms with Gasteiger partial charge in [0, 0.05) is 18.8 Å². The van der Waals surface area contributed by atoms with Gasteiger partial charge in [-0.15, -0.1) is 0 Å². The quantitative estimate of drug-likeness (QED) is 0.523. The first-order valence-corrected chi connectivity index (χ1v) is 4.01. The van der Waals surface area contributed by atoms with Crippen molar-refractivity contribution < 1.29 is 8.78 Å². The topological polar surface area (TPSA) is 12.4 Å². The molecule has 0 aliphatic heterocycles. The van der Waals surface area contributed by atoms with E-state index in [-0.39, 0.29) is 10.0 Å². The lowest BCUT2D eigenvalue weighted by Crippen LogP contribution is -1.93. The van der Waals surface area contributed by atoms with Crippen molar-refractivity contribution in [2.75, 3.05) is 7.05 Å². The van der Waals surface area contributed by atoms with Gasteiger partial charge in [0.1, 0.15) is 0 Å². The minimum absolute atomic E-state index is 0.119. The van der Waals surface area contributed by atoms with Gasteiger partial charge in [-0.3, -0.25) is 4.99 Å². The Morgan fingerprint density at radius 2 is 2.00 bits per heavy atom. The summed E-state index contributed by atoms with van der Waals surface area (Å²) < 4.78 is 25.9. The average Bonchev–Trinajstić information content (AvgIpc) is 2.07. The molecule has 0 saturated heterocycles. The highest BCUT2D eigenvalue weighted by Crippen LogP contribution is 2.19. The first kappa shape index (κ1) is 9.32. The number of hydrogen-bond donors (Lipinski definition) is 0. The fourth-order valence-electron chi connectivity index (χ4n) is 0.780. The zero-order valence-corrected chi connectivity index (χ0v) is 7.90. The number of rotatable bonds is 1. The van der Waals surface area contributed by atoms with Crippen molar-refractivity contribution >= 4 is 22.1 Å². The van der Waals surface area contributed by atoms with Gasteiger partial charge < -0.3 is 0 Å². The molecular formula is C8H6BrF2N. The molecule has 0 atom stereocenters. The Morgan fingerprint density at radius 3 is 2.58 bits per heavy atom. The summed E-state index contributed by atoms with van der Waals surface area (Å²) >= 11 is 2.87. The summed E-state index contributed by atoms with van der Waals surface area (Å²) in [5.74, 6) is -1.76. The van der Waals surface area contributed by atoms with Crippen LogP contribution in [0, 0.1) is 11.6 Å². The molecule has 1 rings (SSSR count). The monoisotopic (exact) mass is 233 g/mol. The van der Waals surface area contributed by atoms with Crippen LogP contribution in [0.5, 0.6) is 0 Å². The van der Waals surface area contributed by atoms with Crippen LogP contribution in [0.3, 0.4) is 0 Å². The third-order valence-corrected chi connectivity index (χ3v) is 1.95. The molecule has 0 amide bonds. The number of aliphatic imine (C=N–C) groups is 1. The van der Waals surface area contributed by atoms with Crippen LogP contribution in [-0.2, 0) is 0 Å². The maximum atomic E-state index is 13.0. The minimum atomic E-state index is -0.882. The Labute approximate surface area is 77.3 Å². The fourth-order valence-corrected chi connectivity index (χ4v) is 1.09. The van der Waals surface area contributed by atoms with Crippen LogP contribution in [0.15, 0.2) is 21.6 Å². The molecular weight excluding hydrogens is 228 g/mol. The molecule has 0 spiro atoms. The van der Waals surface area contributed by atoms with Crippen LogP contribution in [-0.4, -0.2) is 13.3 Å². The summed E-state index contributed by atoms with van der Waals surface area (Å²) in [7, 11) is 1.50. The summed E-state index contributed by atoms with van der Waals surface area (Å²) in [5.41, 5.74) is 0.151. The van der Waals surface area contributed by atoms with Gasteiger partial charge in [0.15, 0.2) is 11.6 Å². The number of halogens is 3. The van der Waals surface area contributed by atoms with Crippen LogP contribution >= 0.6 is 15.9 Å². The molecule has 0 aliphatic rings. The van der Waals surface area contributed by atoms with E-state index in [2.05, 4.69) is 20.9 Å². The van der Waals surface area contributed by atoms with Crippen LogP contribution in [0.2, 0.25) is 0 Å². The van der Waals surface area contributed by atoms with Gasteiger partial charge in [-0.1, -0.05) is 0 Å². The van der Waals surface area contributed by atoms with Gasteiger partial charge in [0.05, 0.1) is 4.47 Å². The maximum Gasteiger partial charge on any atom is 0.173 e. The maximum absolute atomic E-state index is 13.0. The Hall–Kier alpha value is -0.770. The predicted molar refractivity (Wildman–Crippen MR) is 47.6 cm³/mol. The lowest BCUT2D eigenvalue weighted by atomic mass is 10.2. The largest absolute Gasteiger partial charge is 0.296 e. The van der Waals surface area contributed by atoms with Gasteiger partial charge in [0.25, 0.3) is 0 Å². The number of hydrogen-bond acceptors (Lipinski definition) is 1. The highest BCUT2D eigenvalue weighted by atomic mass is 79.9. The van der Waals surface area contributed by atoms with Gasteiger partial charge in [-0.25, -0.2) is 8.78 Å².